The number of fused-ring (bicyclic) bond motifs is 1. The van der Waals surface area contributed by atoms with Gasteiger partial charge in [-0.1, -0.05) is 56.3 Å². The van der Waals surface area contributed by atoms with Crippen molar-refractivity contribution in [2.45, 2.75) is 19.8 Å². The molecule has 0 spiro atoms. The second kappa shape index (κ2) is 4.58. The van der Waals surface area contributed by atoms with Gasteiger partial charge in [0.1, 0.15) is 0 Å². The Kier molecular flexibility index (Phi) is 2.92. The molecule has 1 heterocycles. The van der Waals surface area contributed by atoms with E-state index in [-0.39, 0.29) is 0 Å². The molecule has 90 valence electrons. The van der Waals surface area contributed by atoms with Crippen molar-refractivity contribution in [1.29, 1.82) is 0 Å². The van der Waals surface area contributed by atoms with Gasteiger partial charge < -0.3 is 0 Å². The highest BCUT2D eigenvalue weighted by Crippen LogP contribution is 2.34. The van der Waals surface area contributed by atoms with Crippen LogP contribution in [0.3, 0.4) is 0 Å². The predicted octanol–water partition coefficient (Wildman–Crippen LogP) is 5.69. The minimum absolute atomic E-state index is 0.579. The fraction of sp³-hybridized carbons (Fsp3) is 0.176. The molecular weight excluding hydrogens is 236 g/mol. The number of hydrogen-bond donors (Lipinski definition) is 0. The van der Waals surface area contributed by atoms with Gasteiger partial charge in [0.25, 0.3) is 0 Å². The van der Waals surface area contributed by atoms with Gasteiger partial charge in [-0.15, -0.1) is 11.3 Å². The molecule has 18 heavy (non-hydrogen) atoms. The number of hydrogen-bond acceptors (Lipinski definition) is 1. The van der Waals surface area contributed by atoms with E-state index in [9.17, 15) is 0 Å². The molecule has 1 aromatic heterocycles. The van der Waals surface area contributed by atoms with Crippen LogP contribution in [0.25, 0.3) is 21.2 Å². The Morgan fingerprint density at radius 3 is 2.61 bits per heavy atom. The maximum absolute atomic E-state index is 2.32. The average molecular weight is 252 g/mol. The third kappa shape index (κ3) is 1.95. The van der Waals surface area contributed by atoms with E-state index in [1.807, 2.05) is 11.3 Å². The van der Waals surface area contributed by atoms with Gasteiger partial charge in [0, 0.05) is 15.6 Å². The summed E-state index contributed by atoms with van der Waals surface area (Å²) in [5.41, 5.74) is 4.10. The second-order valence-corrected chi connectivity index (χ2v) is 5.84. The molecule has 0 aliphatic rings. The van der Waals surface area contributed by atoms with E-state index in [0.29, 0.717) is 5.92 Å². The first kappa shape index (κ1) is 11.5. The van der Waals surface area contributed by atoms with E-state index in [1.54, 1.807) is 0 Å². The predicted molar refractivity (Wildman–Crippen MR) is 81.4 cm³/mol. The quantitative estimate of drug-likeness (QED) is 0.549. The summed E-state index contributed by atoms with van der Waals surface area (Å²) in [6, 6.07) is 17.5. The number of rotatable bonds is 2. The second-order valence-electron chi connectivity index (χ2n) is 4.93. The summed E-state index contributed by atoms with van der Waals surface area (Å²) in [4.78, 5) is 0. The van der Waals surface area contributed by atoms with Gasteiger partial charge in [-0.2, -0.15) is 0 Å². The largest absolute Gasteiger partial charge is 0.143 e. The molecule has 2 aromatic carbocycles. The SMILES string of the molecule is CC(C)c1cccc(-c2csc3ccccc23)c1. The van der Waals surface area contributed by atoms with Crippen LogP contribution in [-0.2, 0) is 0 Å². The first-order valence-electron chi connectivity index (χ1n) is 6.32. The molecule has 1 heteroatoms. The van der Waals surface area contributed by atoms with E-state index in [4.69, 9.17) is 0 Å². The molecule has 0 nitrogen and oxygen atoms in total. The maximum atomic E-state index is 2.32. The number of benzene rings is 2. The van der Waals surface area contributed by atoms with Crippen molar-refractivity contribution in [1.82, 2.24) is 0 Å². The molecule has 0 bridgehead atoms. The third-order valence-electron chi connectivity index (χ3n) is 3.35. The van der Waals surface area contributed by atoms with Crippen LogP contribution in [0, 0.1) is 0 Å². The van der Waals surface area contributed by atoms with Crippen LogP contribution in [0.1, 0.15) is 25.3 Å². The van der Waals surface area contributed by atoms with Crippen molar-refractivity contribution in [2.24, 2.45) is 0 Å². The third-order valence-corrected chi connectivity index (χ3v) is 4.31. The van der Waals surface area contributed by atoms with Gasteiger partial charge in [-0.25, -0.2) is 0 Å². The zero-order chi connectivity index (χ0) is 12.5. The molecule has 0 saturated carbocycles. The summed E-state index contributed by atoms with van der Waals surface area (Å²) in [6.45, 7) is 4.48. The zero-order valence-electron chi connectivity index (χ0n) is 10.7. The van der Waals surface area contributed by atoms with Crippen LogP contribution in [0.4, 0.5) is 0 Å². The molecule has 0 unspecified atom stereocenters. The van der Waals surface area contributed by atoms with Crippen LogP contribution in [-0.4, -0.2) is 0 Å². The minimum Gasteiger partial charge on any atom is -0.143 e. The van der Waals surface area contributed by atoms with Crippen LogP contribution >= 0.6 is 11.3 Å². The van der Waals surface area contributed by atoms with Gasteiger partial charge in [0.2, 0.25) is 0 Å². The normalized spacial score (nSPS) is 11.3. The molecule has 0 saturated heterocycles. The number of thiophene rings is 1. The Hall–Kier alpha value is -1.60. The molecule has 3 aromatic rings. The highest BCUT2D eigenvalue weighted by molar-refractivity contribution is 7.17. The summed E-state index contributed by atoms with van der Waals surface area (Å²) < 4.78 is 1.36. The Bertz CT molecular complexity index is 677. The first-order valence-corrected chi connectivity index (χ1v) is 7.20. The smallest absolute Gasteiger partial charge is 0.0349 e. The van der Waals surface area contributed by atoms with E-state index in [0.717, 1.165) is 0 Å². The van der Waals surface area contributed by atoms with Crippen molar-refractivity contribution in [3.05, 3.63) is 59.5 Å². The first-order chi connectivity index (χ1) is 8.75. The summed E-state index contributed by atoms with van der Waals surface area (Å²) in [7, 11) is 0. The van der Waals surface area contributed by atoms with Gasteiger partial charge in [-0.3, -0.25) is 0 Å². The topological polar surface area (TPSA) is 0 Å². The van der Waals surface area contributed by atoms with Crippen LogP contribution in [0.15, 0.2) is 53.9 Å². The lowest BCUT2D eigenvalue weighted by Gasteiger charge is -2.07. The van der Waals surface area contributed by atoms with Crippen molar-refractivity contribution in [2.75, 3.05) is 0 Å². The van der Waals surface area contributed by atoms with E-state index >= 15 is 0 Å². The molecule has 0 N–H and O–H groups in total. The summed E-state index contributed by atoms with van der Waals surface area (Å²) in [5, 5.41) is 3.63. The fourth-order valence-corrected chi connectivity index (χ4v) is 3.24. The Balaban J connectivity index is 2.17. The molecule has 3 rings (SSSR count). The Morgan fingerprint density at radius 1 is 0.944 bits per heavy atom. The molecule has 0 radical (unpaired) electrons. The summed E-state index contributed by atoms with van der Waals surface area (Å²) in [6.07, 6.45) is 0. The van der Waals surface area contributed by atoms with Crippen LogP contribution in [0.2, 0.25) is 0 Å². The lowest BCUT2D eigenvalue weighted by atomic mass is 9.97. The molecule has 0 fully saturated rings. The van der Waals surface area contributed by atoms with Gasteiger partial charge >= 0.3 is 0 Å². The standard InChI is InChI=1S/C17H16S/c1-12(2)13-6-5-7-14(10-13)16-11-18-17-9-4-3-8-15(16)17/h3-12H,1-2H3. The highest BCUT2D eigenvalue weighted by Gasteiger charge is 2.07. The summed E-state index contributed by atoms with van der Waals surface area (Å²) >= 11 is 1.82. The molecule has 0 amide bonds. The lowest BCUT2D eigenvalue weighted by Crippen LogP contribution is -1.87. The minimum atomic E-state index is 0.579. The fourth-order valence-electron chi connectivity index (χ4n) is 2.27. The van der Waals surface area contributed by atoms with E-state index in [1.165, 1.54) is 26.8 Å². The van der Waals surface area contributed by atoms with Gasteiger partial charge in [0.15, 0.2) is 0 Å². The molecule has 0 aliphatic carbocycles. The van der Waals surface area contributed by atoms with Crippen LogP contribution in [0.5, 0.6) is 0 Å². The Labute approximate surface area is 112 Å². The lowest BCUT2D eigenvalue weighted by molar-refractivity contribution is 0.867. The maximum Gasteiger partial charge on any atom is 0.0349 e. The van der Waals surface area contributed by atoms with Gasteiger partial charge in [0.05, 0.1) is 0 Å². The average Bonchev–Trinajstić information content (AvgIpc) is 2.82. The van der Waals surface area contributed by atoms with E-state index in [2.05, 4.69) is 67.8 Å². The monoisotopic (exact) mass is 252 g/mol. The van der Waals surface area contributed by atoms with Crippen molar-refractivity contribution in [3.8, 4) is 11.1 Å². The Morgan fingerprint density at radius 2 is 1.78 bits per heavy atom. The van der Waals surface area contributed by atoms with Crippen molar-refractivity contribution >= 4 is 21.4 Å². The van der Waals surface area contributed by atoms with Crippen molar-refractivity contribution < 1.29 is 0 Å². The van der Waals surface area contributed by atoms with Gasteiger partial charge in [-0.05, 0) is 28.5 Å². The summed E-state index contributed by atoms with van der Waals surface area (Å²) in [5.74, 6) is 0.579. The van der Waals surface area contributed by atoms with E-state index < -0.39 is 0 Å². The zero-order valence-corrected chi connectivity index (χ0v) is 11.5. The molecule has 0 atom stereocenters. The van der Waals surface area contributed by atoms with Crippen LogP contribution < -0.4 is 0 Å². The molecule has 0 aliphatic heterocycles. The highest BCUT2D eigenvalue weighted by atomic mass is 32.1. The van der Waals surface area contributed by atoms with Crippen molar-refractivity contribution in [3.63, 3.8) is 0 Å². The molecular formula is C17H16S.